The van der Waals surface area contributed by atoms with Gasteiger partial charge in [-0.05, 0) is 17.9 Å². The van der Waals surface area contributed by atoms with Crippen LogP contribution >= 0.6 is 0 Å². The first-order chi connectivity index (χ1) is 13.3. The normalized spacial score (nSPS) is 11.3. The SMILES string of the molecule is COC(=O)[C@@H](CC(C)C)NC(=O)CNC(=O)CNC(=O)OCc1ccccc1. The second-order valence-electron chi connectivity index (χ2n) is 6.46. The Kier molecular flexibility index (Phi) is 10.1. The first-order valence-electron chi connectivity index (χ1n) is 8.90. The van der Waals surface area contributed by atoms with Crippen LogP contribution in [-0.4, -0.2) is 50.1 Å². The van der Waals surface area contributed by atoms with Gasteiger partial charge >= 0.3 is 12.1 Å². The molecule has 0 unspecified atom stereocenters. The van der Waals surface area contributed by atoms with E-state index in [0.29, 0.717) is 6.42 Å². The third-order valence-corrected chi connectivity index (χ3v) is 3.58. The van der Waals surface area contributed by atoms with Gasteiger partial charge in [0, 0.05) is 0 Å². The van der Waals surface area contributed by atoms with Gasteiger partial charge in [0.2, 0.25) is 11.8 Å². The quantitative estimate of drug-likeness (QED) is 0.504. The van der Waals surface area contributed by atoms with Crippen LogP contribution in [0.15, 0.2) is 30.3 Å². The molecule has 0 aromatic heterocycles. The van der Waals surface area contributed by atoms with Crippen LogP contribution in [0.5, 0.6) is 0 Å². The second-order valence-corrected chi connectivity index (χ2v) is 6.46. The number of esters is 1. The van der Waals surface area contributed by atoms with Crippen LogP contribution < -0.4 is 16.0 Å². The third kappa shape index (κ3) is 9.56. The van der Waals surface area contributed by atoms with Gasteiger partial charge in [-0.25, -0.2) is 9.59 Å². The molecule has 0 saturated carbocycles. The number of amides is 3. The minimum Gasteiger partial charge on any atom is -0.467 e. The lowest BCUT2D eigenvalue weighted by atomic mass is 10.0. The molecular weight excluding hydrogens is 366 g/mol. The molecule has 3 amide bonds. The zero-order chi connectivity index (χ0) is 20.9. The Morgan fingerprint density at radius 3 is 2.21 bits per heavy atom. The maximum absolute atomic E-state index is 11.9. The zero-order valence-corrected chi connectivity index (χ0v) is 16.3. The summed E-state index contributed by atoms with van der Waals surface area (Å²) in [5.74, 6) is -1.47. The average molecular weight is 393 g/mol. The highest BCUT2D eigenvalue weighted by Gasteiger charge is 2.22. The molecule has 0 aliphatic carbocycles. The number of alkyl carbamates (subject to hydrolysis) is 1. The standard InChI is InChI=1S/C19H27N3O6/c1-13(2)9-15(18(25)27-3)22-17(24)11-20-16(23)10-21-19(26)28-12-14-7-5-4-6-8-14/h4-8,13,15H,9-12H2,1-3H3,(H,20,23)(H,21,26)(H,22,24)/t15-/m1/s1. The number of ether oxygens (including phenoxy) is 2. The number of hydrogen-bond donors (Lipinski definition) is 3. The van der Waals surface area contributed by atoms with Gasteiger partial charge in [-0.3, -0.25) is 9.59 Å². The summed E-state index contributed by atoms with van der Waals surface area (Å²) in [6.45, 7) is 3.23. The van der Waals surface area contributed by atoms with Gasteiger partial charge in [-0.1, -0.05) is 44.2 Å². The molecule has 0 heterocycles. The molecule has 0 aliphatic rings. The molecule has 1 aromatic carbocycles. The maximum Gasteiger partial charge on any atom is 0.407 e. The molecule has 1 rings (SSSR count). The Labute approximate surface area is 164 Å². The molecule has 0 aliphatic heterocycles. The van der Waals surface area contributed by atoms with Crippen LogP contribution in [0.4, 0.5) is 4.79 Å². The smallest absolute Gasteiger partial charge is 0.407 e. The fourth-order valence-corrected chi connectivity index (χ4v) is 2.24. The summed E-state index contributed by atoms with van der Waals surface area (Å²) in [5.41, 5.74) is 0.820. The predicted molar refractivity (Wildman–Crippen MR) is 101 cm³/mol. The summed E-state index contributed by atoms with van der Waals surface area (Å²) in [5, 5.41) is 7.16. The predicted octanol–water partition coefficient (Wildman–Crippen LogP) is 0.733. The first kappa shape index (κ1) is 22.9. The second kappa shape index (κ2) is 12.3. The fourth-order valence-electron chi connectivity index (χ4n) is 2.24. The van der Waals surface area contributed by atoms with Gasteiger partial charge in [0.15, 0.2) is 0 Å². The lowest BCUT2D eigenvalue weighted by Crippen LogP contribution is -2.47. The van der Waals surface area contributed by atoms with Gasteiger partial charge in [0.1, 0.15) is 19.2 Å². The summed E-state index contributed by atoms with van der Waals surface area (Å²) in [7, 11) is 1.24. The molecule has 0 bridgehead atoms. The third-order valence-electron chi connectivity index (χ3n) is 3.58. The molecule has 9 nitrogen and oxygen atoms in total. The van der Waals surface area contributed by atoms with Crippen molar-refractivity contribution in [2.45, 2.75) is 32.9 Å². The molecule has 28 heavy (non-hydrogen) atoms. The zero-order valence-electron chi connectivity index (χ0n) is 16.3. The van der Waals surface area contributed by atoms with Crippen molar-refractivity contribution in [3.63, 3.8) is 0 Å². The van der Waals surface area contributed by atoms with Crippen LogP contribution in [-0.2, 0) is 30.5 Å². The molecule has 3 N–H and O–H groups in total. The van der Waals surface area contributed by atoms with E-state index in [2.05, 4.69) is 20.7 Å². The minimum atomic E-state index is -0.777. The van der Waals surface area contributed by atoms with Crippen molar-refractivity contribution in [2.75, 3.05) is 20.2 Å². The van der Waals surface area contributed by atoms with Crippen molar-refractivity contribution < 1.29 is 28.7 Å². The first-order valence-corrected chi connectivity index (χ1v) is 8.90. The van der Waals surface area contributed by atoms with Gasteiger partial charge in [0.05, 0.1) is 13.7 Å². The molecule has 1 aromatic rings. The van der Waals surface area contributed by atoms with Crippen molar-refractivity contribution >= 4 is 23.9 Å². The molecule has 0 radical (unpaired) electrons. The van der Waals surface area contributed by atoms with Crippen molar-refractivity contribution in [2.24, 2.45) is 5.92 Å². The number of carbonyl (C=O) groups is 4. The van der Waals surface area contributed by atoms with Gasteiger partial charge in [0.25, 0.3) is 0 Å². The molecule has 0 fully saturated rings. The summed E-state index contributed by atoms with van der Waals surface area (Å²) in [4.78, 5) is 46.9. The number of carbonyl (C=O) groups excluding carboxylic acids is 4. The lowest BCUT2D eigenvalue weighted by Gasteiger charge is -2.18. The number of methoxy groups -OCH3 is 1. The highest BCUT2D eigenvalue weighted by atomic mass is 16.5. The Balaban J connectivity index is 2.28. The molecular formula is C19H27N3O6. The fraction of sp³-hybridized carbons (Fsp3) is 0.474. The van der Waals surface area contributed by atoms with E-state index in [1.54, 1.807) is 12.1 Å². The highest BCUT2D eigenvalue weighted by Crippen LogP contribution is 2.06. The molecule has 9 heteroatoms. The largest absolute Gasteiger partial charge is 0.467 e. The highest BCUT2D eigenvalue weighted by molar-refractivity contribution is 5.89. The van der Waals surface area contributed by atoms with Crippen LogP contribution in [0.1, 0.15) is 25.8 Å². The number of rotatable bonds is 10. The number of hydrogen-bond acceptors (Lipinski definition) is 6. The Hall–Kier alpha value is -3.10. The van der Waals surface area contributed by atoms with Gasteiger partial charge < -0.3 is 25.4 Å². The van der Waals surface area contributed by atoms with Crippen molar-refractivity contribution in [1.29, 1.82) is 0 Å². The van der Waals surface area contributed by atoms with Gasteiger partial charge in [-0.2, -0.15) is 0 Å². The maximum atomic E-state index is 11.9. The van der Waals surface area contributed by atoms with E-state index in [-0.39, 0.29) is 25.6 Å². The van der Waals surface area contributed by atoms with Crippen molar-refractivity contribution in [1.82, 2.24) is 16.0 Å². The molecule has 0 saturated heterocycles. The van der Waals surface area contributed by atoms with Gasteiger partial charge in [-0.15, -0.1) is 0 Å². The van der Waals surface area contributed by atoms with Crippen LogP contribution in [0.2, 0.25) is 0 Å². The summed E-state index contributed by atoms with van der Waals surface area (Å²) >= 11 is 0. The number of nitrogens with one attached hydrogen (secondary N) is 3. The van der Waals surface area contributed by atoms with E-state index in [0.717, 1.165) is 5.56 Å². The van der Waals surface area contributed by atoms with Crippen molar-refractivity contribution in [3.8, 4) is 0 Å². The van der Waals surface area contributed by atoms with Crippen LogP contribution in [0, 0.1) is 5.92 Å². The monoisotopic (exact) mass is 393 g/mol. The molecule has 0 spiro atoms. The van der Waals surface area contributed by atoms with E-state index >= 15 is 0 Å². The van der Waals surface area contributed by atoms with Crippen molar-refractivity contribution in [3.05, 3.63) is 35.9 Å². The van der Waals surface area contributed by atoms with Crippen LogP contribution in [0.3, 0.4) is 0 Å². The summed E-state index contributed by atoms with van der Waals surface area (Å²) < 4.78 is 9.63. The Morgan fingerprint density at radius 2 is 1.61 bits per heavy atom. The molecule has 1 atom stereocenters. The molecule has 154 valence electrons. The summed E-state index contributed by atoms with van der Waals surface area (Å²) in [6.07, 6.45) is -0.326. The van der Waals surface area contributed by atoms with E-state index in [4.69, 9.17) is 4.74 Å². The summed E-state index contributed by atoms with van der Waals surface area (Å²) in [6, 6.07) is 8.32. The van der Waals surface area contributed by atoms with Crippen LogP contribution in [0.25, 0.3) is 0 Å². The Morgan fingerprint density at radius 1 is 0.964 bits per heavy atom. The minimum absolute atomic E-state index is 0.0848. The average Bonchev–Trinajstić information content (AvgIpc) is 2.68. The van der Waals surface area contributed by atoms with E-state index in [1.807, 2.05) is 32.0 Å². The number of benzene rings is 1. The van der Waals surface area contributed by atoms with E-state index < -0.39 is 29.9 Å². The lowest BCUT2D eigenvalue weighted by molar-refractivity contribution is -0.145. The Bertz CT molecular complexity index is 663. The van der Waals surface area contributed by atoms with E-state index in [9.17, 15) is 19.2 Å². The van der Waals surface area contributed by atoms with E-state index in [1.165, 1.54) is 7.11 Å². The topological polar surface area (TPSA) is 123 Å².